The second-order valence-electron chi connectivity index (χ2n) is 6.80. The molecule has 1 aliphatic rings. The monoisotopic (exact) mass is 375 g/mol. The molecule has 3 rings (SSSR count). The van der Waals surface area contributed by atoms with E-state index in [1.807, 2.05) is 13.8 Å². The van der Waals surface area contributed by atoms with Crippen LogP contribution in [0.4, 0.5) is 4.79 Å². The van der Waals surface area contributed by atoms with Gasteiger partial charge in [0, 0.05) is 45.1 Å². The molecule has 27 heavy (non-hydrogen) atoms. The van der Waals surface area contributed by atoms with Crippen LogP contribution in [0.15, 0.2) is 27.3 Å². The molecular formula is C18H25N5O4. The van der Waals surface area contributed by atoms with E-state index in [-0.39, 0.29) is 17.9 Å². The molecule has 1 saturated heterocycles. The fourth-order valence-corrected chi connectivity index (χ4v) is 2.88. The molecule has 0 aliphatic carbocycles. The molecule has 0 bridgehead atoms. The summed E-state index contributed by atoms with van der Waals surface area (Å²) in [5.41, 5.74) is 0. The Morgan fingerprint density at radius 3 is 2.70 bits per heavy atom. The van der Waals surface area contributed by atoms with Gasteiger partial charge in [0.05, 0.1) is 6.26 Å². The van der Waals surface area contributed by atoms with Crippen molar-refractivity contribution in [2.75, 3.05) is 32.7 Å². The number of aromatic nitrogens is 2. The minimum absolute atomic E-state index is 0.139. The zero-order valence-corrected chi connectivity index (χ0v) is 15.7. The maximum absolute atomic E-state index is 12.4. The molecule has 3 amide bonds. The van der Waals surface area contributed by atoms with E-state index in [0.29, 0.717) is 56.6 Å². The smallest absolute Gasteiger partial charge is 0.317 e. The maximum atomic E-state index is 12.4. The van der Waals surface area contributed by atoms with Crippen LogP contribution >= 0.6 is 0 Å². The molecule has 1 aliphatic heterocycles. The van der Waals surface area contributed by atoms with Crippen LogP contribution < -0.4 is 5.32 Å². The minimum atomic E-state index is -0.144. The van der Waals surface area contributed by atoms with E-state index < -0.39 is 0 Å². The van der Waals surface area contributed by atoms with Crippen LogP contribution in [0, 0.1) is 0 Å². The van der Waals surface area contributed by atoms with Gasteiger partial charge in [0.2, 0.25) is 5.89 Å². The first kappa shape index (κ1) is 18.9. The van der Waals surface area contributed by atoms with E-state index in [9.17, 15) is 9.59 Å². The van der Waals surface area contributed by atoms with Crippen molar-refractivity contribution in [3.05, 3.63) is 35.9 Å². The Labute approximate surface area is 157 Å². The Bertz CT molecular complexity index is 756. The lowest BCUT2D eigenvalue weighted by Gasteiger charge is -2.21. The van der Waals surface area contributed by atoms with Crippen LogP contribution in [0.5, 0.6) is 0 Å². The lowest BCUT2D eigenvalue weighted by Crippen LogP contribution is -2.43. The predicted molar refractivity (Wildman–Crippen MR) is 96.3 cm³/mol. The van der Waals surface area contributed by atoms with Crippen molar-refractivity contribution in [1.29, 1.82) is 0 Å². The molecule has 1 N–H and O–H groups in total. The summed E-state index contributed by atoms with van der Waals surface area (Å²) in [4.78, 5) is 32.5. The summed E-state index contributed by atoms with van der Waals surface area (Å²) in [5.74, 6) is 1.56. The molecule has 9 heteroatoms. The van der Waals surface area contributed by atoms with Crippen LogP contribution in [0.25, 0.3) is 0 Å². The zero-order valence-electron chi connectivity index (χ0n) is 15.7. The van der Waals surface area contributed by atoms with Crippen molar-refractivity contribution in [2.24, 2.45) is 0 Å². The molecule has 2 aromatic heterocycles. The lowest BCUT2D eigenvalue weighted by molar-refractivity contribution is 0.0730. The molecule has 2 aromatic rings. The van der Waals surface area contributed by atoms with E-state index in [0.717, 1.165) is 6.42 Å². The van der Waals surface area contributed by atoms with Crippen molar-refractivity contribution in [3.8, 4) is 0 Å². The number of nitrogens with zero attached hydrogens (tertiary/aromatic N) is 4. The highest BCUT2D eigenvalue weighted by molar-refractivity contribution is 5.91. The summed E-state index contributed by atoms with van der Waals surface area (Å²) in [5, 5.41) is 6.79. The number of urea groups is 1. The summed E-state index contributed by atoms with van der Waals surface area (Å²) in [6, 6.07) is 3.20. The van der Waals surface area contributed by atoms with Crippen molar-refractivity contribution in [2.45, 2.75) is 32.6 Å². The molecule has 0 unspecified atom stereocenters. The van der Waals surface area contributed by atoms with E-state index in [1.165, 1.54) is 6.26 Å². The molecule has 9 nitrogen and oxygen atoms in total. The average Bonchev–Trinajstić information content (AvgIpc) is 3.29. The maximum Gasteiger partial charge on any atom is 0.317 e. The largest absolute Gasteiger partial charge is 0.459 e. The highest BCUT2D eigenvalue weighted by atomic mass is 16.5. The van der Waals surface area contributed by atoms with Crippen molar-refractivity contribution in [3.63, 3.8) is 0 Å². The first-order valence-corrected chi connectivity index (χ1v) is 9.22. The summed E-state index contributed by atoms with van der Waals surface area (Å²) in [6.45, 7) is 6.57. The predicted octanol–water partition coefficient (Wildman–Crippen LogP) is 1.89. The Balaban J connectivity index is 1.44. The highest BCUT2D eigenvalue weighted by Crippen LogP contribution is 2.11. The molecule has 0 spiro atoms. The Morgan fingerprint density at radius 1 is 1.22 bits per heavy atom. The second kappa shape index (κ2) is 8.70. The topological polar surface area (TPSA) is 105 Å². The van der Waals surface area contributed by atoms with E-state index in [2.05, 4.69) is 15.5 Å². The van der Waals surface area contributed by atoms with Crippen LogP contribution in [0.2, 0.25) is 0 Å². The standard InChI is InChI=1S/C18H25N5O4/c1-13(2)16-20-15(21-27-16)6-7-19-18(25)23-9-4-8-22(10-11-23)17(24)14-5-3-12-26-14/h3,5,12-13H,4,6-11H2,1-2H3,(H,19,25). The fourth-order valence-electron chi connectivity index (χ4n) is 2.88. The Kier molecular flexibility index (Phi) is 6.10. The molecule has 0 atom stereocenters. The first-order chi connectivity index (χ1) is 13.0. The molecule has 0 aromatic carbocycles. The lowest BCUT2D eigenvalue weighted by atomic mass is 10.2. The normalized spacial score (nSPS) is 15.1. The third kappa shape index (κ3) is 4.87. The van der Waals surface area contributed by atoms with E-state index in [1.54, 1.807) is 21.9 Å². The van der Waals surface area contributed by atoms with Crippen molar-refractivity contribution >= 4 is 11.9 Å². The van der Waals surface area contributed by atoms with Gasteiger partial charge in [-0.1, -0.05) is 19.0 Å². The molecule has 146 valence electrons. The highest BCUT2D eigenvalue weighted by Gasteiger charge is 2.24. The van der Waals surface area contributed by atoms with Gasteiger partial charge in [0.15, 0.2) is 11.6 Å². The van der Waals surface area contributed by atoms with Crippen molar-refractivity contribution in [1.82, 2.24) is 25.3 Å². The van der Waals surface area contributed by atoms with Gasteiger partial charge in [-0.2, -0.15) is 4.98 Å². The molecule has 0 radical (unpaired) electrons. The van der Waals surface area contributed by atoms with Gasteiger partial charge in [0.1, 0.15) is 0 Å². The number of carbonyl (C=O) groups excluding carboxylic acids is 2. The summed E-state index contributed by atoms with van der Waals surface area (Å²) < 4.78 is 10.3. The number of carbonyl (C=O) groups is 2. The van der Waals surface area contributed by atoms with Crippen molar-refractivity contribution < 1.29 is 18.5 Å². The van der Waals surface area contributed by atoms with Crippen LogP contribution in [-0.4, -0.2) is 64.6 Å². The summed E-state index contributed by atoms with van der Waals surface area (Å²) >= 11 is 0. The van der Waals surface area contributed by atoms with Gasteiger partial charge in [-0.15, -0.1) is 0 Å². The summed E-state index contributed by atoms with van der Waals surface area (Å²) in [7, 11) is 0. The SMILES string of the molecule is CC(C)c1nc(CCNC(=O)N2CCCN(C(=O)c3ccco3)CC2)no1. The van der Waals surface area contributed by atoms with Crippen LogP contribution in [0.3, 0.4) is 0 Å². The third-order valence-corrected chi connectivity index (χ3v) is 4.40. The van der Waals surface area contributed by atoms with Gasteiger partial charge in [-0.3, -0.25) is 4.79 Å². The number of rotatable bonds is 5. The summed E-state index contributed by atoms with van der Waals surface area (Å²) in [6.07, 6.45) is 2.72. The van der Waals surface area contributed by atoms with Gasteiger partial charge in [0.25, 0.3) is 5.91 Å². The third-order valence-electron chi connectivity index (χ3n) is 4.40. The average molecular weight is 375 g/mol. The molecule has 0 saturated carbocycles. The zero-order chi connectivity index (χ0) is 19.2. The number of amides is 3. The van der Waals surface area contributed by atoms with Gasteiger partial charge < -0.3 is 24.1 Å². The molecular weight excluding hydrogens is 350 g/mol. The number of hydrogen-bond acceptors (Lipinski definition) is 6. The van der Waals surface area contributed by atoms with Gasteiger partial charge in [-0.25, -0.2) is 4.79 Å². The molecule has 3 heterocycles. The minimum Gasteiger partial charge on any atom is -0.459 e. The second-order valence-corrected chi connectivity index (χ2v) is 6.80. The Morgan fingerprint density at radius 2 is 2.00 bits per heavy atom. The van der Waals surface area contributed by atoms with Gasteiger partial charge in [-0.05, 0) is 18.6 Å². The number of nitrogens with one attached hydrogen (secondary N) is 1. The van der Waals surface area contributed by atoms with E-state index >= 15 is 0 Å². The quantitative estimate of drug-likeness (QED) is 0.856. The van der Waals surface area contributed by atoms with Gasteiger partial charge >= 0.3 is 6.03 Å². The first-order valence-electron chi connectivity index (χ1n) is 9.22. The molecule has 1 fully saturated rings. The van der Waals surface area contributed by atoms with Crippen LogP contribution in [0.1, 0.15) is 48.5 Å². The number of furan rings is 1. The van der Waals surface area contributed by atoms with Crippen LogP contribution in [-0.2, 0) is 6.42 Å². The van der Waals surface area contributed by atoms with E-state index in [4.69, 9.17) is 8.94 Å². The number of hydrogen-bond donors (Lipinski definition) is 1. The fraction of sp³-hybridized carbons (Fsp3) is 0.556. The Hall–Kier alpha value is -2.84.